The highest BCUT2D eigenvalue weighted by atomic mass is 35.5. The van der Waals surface area contributed by atoms with Gasteiger partial charge in [-0.1, -0.05) is 17.7 Å². The molecule has 0 aliphatic carbocycles. The molecule has 0 saturated heterocycles. The average molecular weight is 420 g/mol. The predicted molar refractivity (Wildman–Crippen MR) is 121 cm³/mol. The minimum atomic E-state index is -0.112. The molecule has 0 spiro atoms. The molecular weight excluding hydrogens is 398 g/mol. The molecule has 4 rings (SSSR count). The number of aryl methyl sites for hydroxylation is 2. The molecule has 0 saturated carbocycles. The summed E-state index contributed by atoms with van der Waals surface area (Å²) in [4.78, 5) is 25.6. The lowest BCUT2D eigenvalue weighted by Crippen LogP contribution is -2.25. The Labute approximate surface area is 179 Å². The van der Waals surface area contributed by atoms with Crippen molar-refractivity contribution in [2.24, 2.45) is 4.99 Å². The third-order valence-corrected chi connectivity index (χ3v) is 5.42. The van der Waals surface area contributed by atoms with Gasteiger partial charge >= 0.3 is 0 Å². The molecule has 3 heterocycles. The minimum absolute atomic E-state index is 0.112. The maximum atomic E-state index is 12.6. The van der Waals surface area contributed by atoms with Crippen LogP contribution in [0.1, 0.15) is 28.8 Å². The summed E-state index contributed by atoms with van der Waals surface area (Å²) >= 11 is 6.05. The zero-order chi connectivity index (χ0) is 21.3. The van der Waals surface area contributed by atoms with Crippen LogP contribution in [0, 0.1) is 13.8 Å². The quantitative estimate of drug-likeness (QED) is 0.651. The Kier molecular flexibility index (Phi) is 5.50. The van der Waals surface area contributed by atoms with Crippen molar-refractivity contribution in [1.29, 1.82) is 0 Å². The number of hydrogen-bond donors (Lipinski definition) is 2. The van der Waals surface area contributed by atoms with E-state index >= 15 is 0 Å². The smallest absolute Gasteiger partial charge is 0.249 e. The highest BCUT2D eigenvalue weighted by Crippen LogP contribution is 2.21. The van der Waals surface area contributed by atoms with E-state index in [9.17, 15) is 4.79 Å². The van der Waals surface area contributed by atoms with Crippen LogP contribution in [0.5, 0.6) is 0 Å². The highest BCUT2D eigenvalue weighted by molar-refractivity contribution is 6.31. The summed E-state index contributed by atoms with van der Waals surface area (Å²) in [6.45, 7) is 4.27. The molecule has 3 N–H and O–H groups in total. The van der Waals surface area contributed by atoms with Crippen LogP contribution in [0.15, 0.2) is 53.3 Å². The van der Waals surface area contributed by atoms with Crippen molar-refractivity contribution in [1.82, 2.24) is 15.3 Å². The van der Waals surface area contributed by atoms with Crippen molar-refractivity contribution >= 4 is 39.9 Å². The fourth-order valence-corrected chi connectivity index (χ4v) is 3.83. The van der Waals surface area contributed by atoms with Gasteiger partial charge < -0.3 is 11.1 Å². The standard InChI is InChI=1S/C23H22ClN5O/c1-13-5-22(25)29-14(2)20(13)12-28-23(30)17-9-19(26-10-17)7-15-3-4-21-16(6-15)8-18(24)11-27-21/h3-6,8,10-11H,7,9,12H2,1-2H3,(H2,25,29)(H,28,30). The van der Waals surface area contributed by atoms with E-state index in [0.717, 1.165) is 39.0 Å². The number of fused-ring (bicyclic) bond motifs is 1. The Morgan fingerprint density at radius 2 is 2.07 bits per heavy atom. The predicted octanol–water partition coefficient (Wildman–Crippen LogP) is 4.07. The van der Waals surface area contributed by atoms with Gasteiger partial charge in [0.05, 0.1) is 10.5 Å². The van der Waals surface area contributed by atoms with Gasteiger partial charge in [0.1, 0.15) is 5.82 Å². The van der Waals surface area contributed by atoms with Crippen molar-refractivity contribution in [2.45, 2.75) is 33.2 Å². The van der Waals surface area contributed by atoms with Crippen molar-refractivity contribution in [3.05, 3.63) is 75.7 Å². The van der Waals surface area contributed by atoms with Crippen molar-refractivity contribution in [2.75, 3.05) is 5.73 Å². The van der Waals surface area contributed by atoms with Gasteiger partial charge in [0.25, 0.3) is 0 Å². The number of aliphatic imine (C=N–C) groups is 1. The van der Waals surface area contributed by atoms with Gasteiger partial charge in [-0.2, -0.15) is 0 Å². The number of aromatic nitrogens is 2. The van der Waals surface area contributed by atoms with Gasteiger partial charge in [-0.15, -0.1) is 0 Å². The van der Waals surface area contributed by atoms with Gasteiger partial charge in [0.15, 0.2) is 0 Å². The van der Waals surface area contributed by atoms with Crippen LogP contribution in [-0.2, 0) is 17.8 Å². The van der Waals surface area contributed by atoms with Gasteiger partial charge in [0.2, 0.25) is 5.91 Å². The lowest BCUT2D eigenvalue weighted by atomic mass is 10.0. The topological polar surface area (TPSA) is 93.3 Å². The van der Waals surface area contributed by atoms with E-state index in [4.69, 9.17) is 17.3 Å². The van der Waals surface area contributed by atoms with E-state index in [0.29, 0.717) is 35.8 Å². The van der Waals surface area contributed by atoms with Crippen molar-refractivity contribution in [3.8, 4) is 0 Å². The van der Waals surface area contributed by atoms with E-state index < -0.39 is 0 Å². The van der Waals surface area contributed by atoms with Gasteiger partial charge in [-0.25, -0.2) is 4.98 Å². The summed E-state index contributed by atoms with van der Waals surface area (Å²) < 4.78 is 0. The number of nitrogens with two attached hydrogens (primary N) is 1. The number of halogens is 1. The summed E-state index contributed by atoms with van der Waals surface area (Å²) in [6, 6.07) is 9.79. The normalized spacial score (nSPS) is 13.3. The van der Waals surface area contributed by atoms with Crippen molar-refractivity contribution < 1.29 is 4.79 Å². The number of hydrogen-bond acceptors (Lipinski definition) is 5. The summed E-state index contributed by atoms with van der Waals surface area (Å²) in [5, 5.41) is 4.58. The van der Waals surface area contributed by atoms with E-state index in [-0.39, 0.29) is 5.91 Å². The first-order valence-corrected chi connectivity index (χ1v) is 10.1. The SMILES string of the molecule is Cc1cc(N)nc(C)c1CNC(=O)C1=CN=C(Cc2ccc3ncc(Cl)cc3c2)C1. The van der Waals surface area contributed by atoms with E-state index in [2.05, 4.69) is 26.3 Å². The molecule has 0 bridgehead atoms. The molecule has 1 aliphatic heterocycles. The molecule has 30 heavy (non-hydrogen) atoms. The zero-order valence-corrected chi connectivity index (χ0v) is 17.6. The van der Waals surface area contributed by atoms with Crippen LogP contribution >= 0.6 is 11.6 Å². The number of rotatable bonds is 5. The van der Waals surface area contributed by atoms with Gasteiger partial charge in [-0.3, -0.25) is 14.8 Å². The Morgan fingerprint density at radius 1 is 1.23 bits per heavy atom. The van der Waals surface area contributed by atoms with Crippen LogP contribution in [0.25, 0.3) is 10.9 Å². The third-order valence-electron chi connectivity index (χ3n) is 5.21. The lowest BCUT2D eigenvalue weighted by molar-refractivity contribution is -0.117. The Balaban J connectivity index is 1.36. The molecular formula is C23H22ClN5O. The average Bonchev–Trinajstić information content (AvgIpc) is 3.15. The Morgan fingerprint density at radius 3 is 2.87 bits per heavy atom. The zero-order valence-electron chi connectivity index (χ0n) is 16.9. The maximum Gasteiger partial charge on any atom is 0.249 e. The molecule has 2 aromatic heterocycles. The number of amides is 1. The van der Waals surface area contributed by atoms with Crippen LogP contribution < -0.4 is 11.1 Å². The van der Waals surface area contributed by atoms with Crippen molar-refractivity contribution in [3.63, 3.8) is 0 Å². The maximum absolute atomic E-state index is 12.6. The molecule has 6 nitrogen and oxygen atoms in total. The summed E-state index contributed by atoms with van der Waals surface area (Å²) in [7, 11) is 0. The van der Waals surface area contributed by atoms with Crippen LogP contribution in [0.2, 0.25) is 5.02 Å². The van der Waals surface area contributed by atoms with Crippen LogP contribution in [-0.4, -0.2) is 21.6 Å². The number of nitrogens with one attached hydrogen (secondary N) is 1. The fourth-order valence-electron chi connectivity index (χ4n) is 3.66. The fraction of sp³-hybridized carbons (Fsp3) is 0.217. The molecule has 1 aromatic carbocycles. The van der Waals surface area contributed by atoms with Crippen LogP contribution in [0.4, 0.5) is 5.82 Å². The molecule has 0 atom stereocenters. The summed E-state index contributed by atoms with van der Waals surface area (Å²) in [6.07, 6.45) is 4.51. The molecule has 0 radical (unpaired) electrons. The second-order valence-electron chi connectivity index (χ2n) is 7.49. The molecule has 1 aliphatic rings. The highest BCUT2D eigenvalue weighted by Gasteiger charge is 2.18. The number of carbonyl (C=O) groups is 1. The summed E-state index contributed by atoms with van der Waals surface area (Å²) in [5.41, 5.74) is 12.2. The third kappa shape index (κ3) is 4.33. The number of anilines is 1. The number of pyridine rings is 2. The Bertz CT molecular complexity index is 1190. The first kappa shape index (κ1) is 20.0. The van der Waals surface area contributed by atoms with Gasteiger partial charge in [-0.05, 0) is 54.8 Å². The summed E-state index contributed by atoms with van der Waals surface area (Å²) in [5.74, 6) is 0.377. The molecule has 1 amide bonds. The van der Waals surface area contributed by atoms with E-state index in [1.54, 1.807) is 12.4 Å². The van der Waals surface area contributed by atoms with Gasteiger partial charge in [0, 0.05) is 54.1 Å². The number of nitrogens with zero attached hydrogens (tertiary/aromatic N) is 3. The van der Waals surface area contributed by atoms with E-state index in [1.165, 1.54) is 0 Å². The number of carbonyl (C=O) groups excluding carboxylic acids is 1. The minimum Gasteiger partial charge on any atom is -0.384 e. The van der Waals surface area contributed by atoms with Crippen LogP contribution in [0.3, 0.4) is 0 Å². The second kappa shape index (κ2) is 8.24. The lowest BCUT2D eigenvalue weighted by Gasteiger charge is -2.12. The van der Waals surface area contributed by atoms with E-state index in [1.807, 2.05) is 38.1 Å². The monoisotopic (exact) mass is 419 g/mol. The molecule has 3 aromatic rings. The molecule has 0 fully saturated rings. The molecule has 7 heteroatoms. The molecule has 0 unspecified atom stereocenters. The number of benzene rings is 1. The first-order valence-electron chi connectivity index (χ1n) is 9.68. The second-order valence-corrected chi connectivity index (χ2v) is 7.93. The first-order chi connectivity index (χ1) is 14.4. The Hall–Kier alpha value is -3.25. The molecule has 152 valence electrons. The largest absolute Gasteiger partial charge is 0.384 e. The number of nitrogen functional groups attached to an aromatic ring is 1.